The van der Waals surface area contributed by atoms with E-state index in [0.717, 1.165) is 19.4 Å². The molecular weight excluding hydrogens is 675 g/mol. The summed E-state index contributed by atoms with van der Waals surface area (Å²) in [7, 11) is -3.38. The summed E-state index contributed by atoms with van der Waals surface area (Å²) in [6.45, 7) is 17.4. The average Bonchev–Trinajstić information content (AvgIpc) is 3.68. The van der Waals surface area contributed by atoms with Gasteiger partial charge in [-0.15, -0.1) is 0 Å². The van der Waals surface area contributed by atoms with Gasteiger partial charge in [0.15, 0.2) is 28.7 Å². The highest BCUT2D eigenvalue weighted by Crippen LogP contribution is 2.42. The lowest BCUT2D eigenvalue weighted by molar-refractivity contribution is -0.386. The van der Waals surface area contributed by atoms with E-state index in [1.165, 1.54) is 36.4 Å². The second-order valence-corrected chi connectivity index (χ2v) is 21.9. The number of rotatable bonds is 14. The topological polar surface area (TPSA) is 157 Å². The van der Waals surface area contributed by atoms with Crippen molar-refractivity contribution in [2.24, 2.45) is 0 Å². The number of halogens is 2. The molecular formula is C30H44Cl2N2O10Si2. The zero-order valence-electron chi connectivity index (χ0n) is 27.6. The molecule has 16 heteroatoms. The largest absolute Gasteiger partial charge is 0.466 e. The lowest BCUT2D eigenvalue weighted by atomic mass is 10.0. The predicted octanol–water partition coefficient (Wildman–Crippen LogP) is 8.91. The molecule has 0 amide bonds. The monoisotopic (exact) mass is 718 g/mol. The summed E-state index contributed by atoms with van der Waals surface area (Å²) in [5.41, 5.74) is 0.109. The Hall–Kier alpha value is -2.73. The van der Waals surface area contributed by atoms with E-state index in [-0.39, 0.29) is 35.1 Å². The molecule has 1 atom stereocenters. The Morgan fingerprint density at radius 2 is 1.46 bits per heavy atom. The van der Waals surface area contributed by atoms with E-state index in [1.54, 1.807) is 6.92 Å². The van der Waals surface area contributed by atoms with Gasteiger partial charge in [-0.1, -0.05) is 23.2 Å². The predicted molar refractivity (Wildman–Crippen MR) is 183 cm³/mol. The number of aldehydes is 1. The van der Waals surface area contributed by atoms with Gasteiger partial charge >= 0.3 is 5.97 Å². The van der Waals surface area contributed by atoms with Gasteiger partial charge in [0.1, 0.15) is 0 Å². The van der Waals surface area contributed by atoms with Crippen LogP contribution in [0.25, 0.3) is 0 Å². The fraction of sp³-hybridized carbons (Fsp3) is 0.533. The molecule has 0 bridgehead atoms. The van der Waals surface area contributed by atoms with Crippen LogP contribution in [-0.4, -0.2) is 57.7 Å². The van der Waals surface area contributed by atoms with Crippen molar-refractivity contribution in [3.8, 4) is 0 Å². The van der Waals surface area contributed by atoms with Crippen molar-refractivity contribution in [1.82, 2.24) is 0 Å². The van der Waals surface area contributed by atoms with Crippen LogP contribution in [0.3, 0.4) is 0 Å². The number of ether oxygens (including phenoxy) is 2. The molecule has 0 aliphatic heterocycles. The first-order valence-corrected chi connectivity index (χ1v) is 22.3. The minimum absolute atomic E-state index is 0.00694. The lowest BCUT2D eigenvalue weighted by Gasteiger charge is -2.26. The average molecular weight is 720 g/mol. The maximum absolute atomic E-state index is 11.6. The molecule has 2 aromatic rings. The molecule has 0 spiro atoms. The van der Waals surface area contributed by atoms with Crippen molar-refractivity contribution >= 4 is 63.5 Å². The third-order valence-electron chi connectivity index (χ3n) is 5.82. The summed E-state index contributed by atoms with van der Waals surface area (Å²) < 4.78 is 22.4. The van der Waals surface area contributed by atoms with Gasteiger partial charge in [0, 0.05) is 48.0 Å². The zero-order chi connectivity index (χ0) is 35.3. The van der Waals surface area contributed by atoms with Crippen LogP contribution in [0.1, 0.15) is 61.6 Å². The number of benzene rings is 2. The number of nitro groups is 2. The Bertz CT molecular complexity index is 1350. The Morgan fingerprint density at radius 3 is 1.89 bits per heavy atom. The molecule has 1 unspecified atom stereocenters. The molecule has 0 saturated heterocycles. The van der Waals surface area contributed by atoms with E-state index in [1.807, 2.05) is 26.6 Å². The van der Waals surface area contributed by atoms with E-state index in [2.05, 4.69) is 19.6 Å². The summed E-state index contributed by atoms with van der Waals surface area (Å²) in [6.07, 6.45) is 2.46. The highest BCUT2D eigenvalue weighted by molar-refractivity contribution is 6.70. The van der Waals surface area contributed by atoms with Crippen LogP contribution in [-0.2, 0) is 23.1 Å². The molecule has 1 fully saturated rings. The summed E-state index contributed by atoms with van der Waals surface area (Å²) in [5, 5.41) is 22.3. The Kier molecular flexibility index (Phi) is 16.7. The summed E-state index contributed by atoms with van der Waals surface area (Å²) in [5.74, 6) is -0.500. The number of hydrogen-bond acceptors (Lipinski definition) is 10. The molecule has 3 rings (SSSR count). The molecule has 1 saturated carbocycles. The second kappa shape index (κ2) is 18.6. The lowest BCUT2D eigenvalue weighted by Crippen LogP contribution is -2.34. The van der Waals surface area contributed by atoms with E-state index in [9.17, 15) is 29.8 Å². The Morgan fingerprint density at radius 1 is 0.913 bits per heavy atom. The summed E-state index contributed by atoms with van der Waals surface area (Å²) in [4.78, 5) is 42.4. The molecule has 46 heavy (non-hydrogen) atoms. The van der Waals surface area contributed by atoms with Crippen LogP contribution in [0.15, 0.2) is 36.4 Å². The van der Waals surface area contributed by atoms with Crippen LogP contribution in [0.2, 0.25) is 49.3 Å². The molecule has 0 radical (unpaired) electrons. The standard InChI is InChI=1S/C15H22ClNO5Si.C8H18O2Si.C7H4ClNO3/c1-5-21-15(18)9-8-14(22-23(2,3)4)12-10-11(16)6-7-13(12)17(19)20;1-5-9-8(6-7-8)10-11(2,3)4;8-6-1-2-7(9(11)12)5(3-6)4-10/h6-7,10,14H,5,8-9H2,1-4H3;5-7H2,1-4H3;1-4H. The zero-order valence-corrected chi connectivity index (χ0v) is 31.1. The summed E-state index contributed by atoms with van der Waals surface area (Å²) in [6, 6.07) is 8.20. The fourth-order valence-electron chi connectivity index (χ4n) is 4.12. The maximum atomic E-state index is 11.6. The molecule has 0 heterocycles. The maximum Gasteiger partial charge on any atom is 0.305 e. The van der Waals surface area contributed by atoms with Crippen molar-refractivity contribution in [1.29, 1.82) is 0 Å². The number of nitrogens with zero attached hydrogens (tertiary/aromatic N) is 2. The number of esters is 1. The van der Waals surface area contributed by atoms with Crippen LogP contribution < -0.4 is 0 Å². The molecule has 1 aliphatic rings. The van der Waals surface area contributed by atoms with Crippen molar-refractivity contribution in [2.75, 3.05) is 13.2 Å². The van der Waals surface area contributed by atoms with E-state index >= 15 is 0 Å². The van der Waals surface area contributed by atoms with Crippen LogP contribution in [0.5, 0.6) is 0 Å². The molecule has 12 nitrogen and oxygen atoms in total. The van der Waals surface area contributed by atoms with Gasteiger partial charge in [0.25, 0.3) is 11.4 Å². The number of carbonyl (C=O) groups excluding carboxylic acids is 2. The Labute approximate surface area is 282 Å². The fourth-order valence-corrected chi connectivity index (χ4v) is 6.96. The van der Waals surface area contributed by atoms with Gasteiger partial charge in [-0.05, 0) is 83.8 Å². The van der Waals surface area contributed by atoms with Gasteiger partial charge in [-0.3, -0.25) is 29.8 Å². The van der Waals surface area contributed by atoms with Crippen LogP contribution in [0.4, 0.5) is 11.4 Å². The molecule has 0 aromatic heterocycles. The van der Waals surface area contributed by atoms with E-state index < -0.39 is 32.6 Å². The molecule has 2 aromatic carbocycles. The first-order valence-electron chi connectivity index (χ1n) is 14.8. The molecule has 0 N–H and O–H groups in total. The molecule has 256 valence electrons. The first-order chi connectivity index (χ1) is 21.3. The van der Waals surface area contributed by atoms with Crippen molar-refractivity contribution in [3.63, 3.8) is 0 Å². The number of carbonyl (C=O) groups is 2. The first kappa shape index (κ1) is 41.3. The quantitative estimate of drug-likeness (QED) is 0.0461. The second-order valence-electron chi connectivity index (χ2n) is 12.2. The van der Waals surface area contributed by atoms with Gasteiger partial charge in [-0.25, -0.2) is 0 Å². The highest BCUT2D eigenvalue weighted by Gasteiger charge is 2.47. The number of nitro benzene ring substituents is 2. The molecule has 1 aliphatic carbocycles. The van der Waals surface area contributed by atoms with Crippen molar-refractivity contribution in [2.45, 2.75) is 90.7 Å². The van der Waals surface area contributed by atoms with Crippen molar-refractivity contribution < 1.29 is 37.8 Å². The third kappa shape index (κ3) is 15.7. The van der Waals surface area contributed by atoms with Gasteiger partial charge in [0.2, 0.25) is 0 Å². The highest BCUT2D eigenvalue weighted by atomic mass is 35.5. The SMILES string of the molecule is CCOC(=O)CCC(O[Si](C)(C)C)c1cc(Cl)ccc1[N+](=O)[O-].CCOC1(O[Si](C)(C)C)CC1.O=Cc1cc(Cl)ccc1[N+](=O)[O-]. The number of hydrogen-bond donors (Lipinski definition) is 0. The van der Waals surface area contributed by atoms with Crippen molar-refractivity contribution in [3.05, 3.63) is 77.8 Å². The van der Waals surface area contributed by atoms with Gasteiger partial charge < -0.3 is 18.3 Å². The van der Waals surface area contributed by atoms with Crippen LogP contribution in [0, 0.1) is 20.2 Å². The summed E-state index contributed by atoms with van der Waals surface area (Å²) >= 11 is 11.5. The minimum atomic E-state index is -1.99. The van der Waals surface area contributed by atoms with Gasteiger partial charge in [0.05, 0.1) is 33.7 Å². The van der Waals surface area contributed by atoms with Gasteiger partial charge in [-0.2, -0.15) is 0 Å². The smallest absolute Gasteiger partial charge is 0.305 e. The minimum Gasteiger partial charge on any atom is -0.466 e. The van der Waals surface area contributed by atoms with E-state index in [4.69, 9.17) is 41.5 Å². The van der Waals surface area contributed by atoms with E-state index in [0.29, 0.717) is 34.9 Å². The normalized spacial score (nSPS) is 14.0. The Balaban J connectivity index is 0.000000383. The third-order valence-corrected chi connectivity index (χ3v) is 8.26. The van der Waals surface area contributed by atoms with Crippen LogP contribution >= 0.6 is 23.2 Å².